The summed E-state index contributed by atoms with van der Waals surface area (Å²) in [6, 6.07) is 10.6. The number of hydrogen-bond acceptors (Lipinski definition) is 10. The van der Waals surface area contributed by atoms with E-state index in [-0.39, 0.29) is 17.7 Å². The quantitative estimate of drug-likeness (QED) is 0.316. The van der Waals surface area contributed by atoms with Crippen molar-refractivity contribution in [1.82, 2.24) is 19.9 Å². The van der Waals surface area contributed by atoms with Crippen LogP contribution in [-0.4, -0.2) is 70.2 Å². The second-order valence-electron chi connectivity index (χ2n) is 10.3. The first-order chi connectivity index (χ1) is 18.8. The van der Waals surface area contributed by atoms with E-state index in [0.717, 1.165) is 37.1 Å². The standard InChI is InChI=1S/C28H35FN6O4/c1-35(2)28(37-3)15-21(16-28)38-20-10-8-18(9-11-20)33-27-30-13-12-25(34-27)32-19-14-22(29)26(31-17-19)39-24-7-5-4-6-23(24)36/h8-14,17,21,23-24,36H,4-7,15-16H2,1-3H3,(H2,30,32,33,34)/t21?,23-,24+,28?/m1/s1. The lowest BCUT2D eigenvalue weighted by atomic mass is 9.83. The van der Waals surface area contributed by atoms with Crippen LogP contribution < -0.4 is 20.1 Å². The highest BCUT2D eigenvalue weighted by atomic mass is 19.1. The normalized spacial score (nSPS) is 24.6. The number of ether oxygens (including phenoxy) is 3. The Labute approximate surface area is 227 Å². The Morgan fingerprint density at radius 2 is 1.77 bits per heavy atom. The molecule has 39 heavy (non-hydrogen) atoms. The van der Waals surface area contributed by atoms with Crippen LogP contribution in [-0.2, 0) is 4.74 Å². The van der Waals surface area contributed by atoms with Gasteiger partial charge in [0.05, 0.1) is 18.0 Å². The van der Waals surface area contributed by atoms with E-state index in [4.69, 9.17) is 14.2 Å². The SMILES string of the molecule is COC1(N(C)C)CC(Oc2ccc(Nc3nccc(Nc4cnc(O[C@H]5CCCC[C@H]5O)c(F)c4)n3)cc2)C1. The molecule has 0 bridgehead atoms. The second kappa shape index (κ2) is 11.7. The van der Waals surface area contributed by atoms with E-state index in [9.17, 15) is 9.50 Å². The number of nitrogens with one attached hydrogen (secondary N) is 2. The molecule has 0 saturated heterocycles. The number of rotatable bonds is 10. The highest BCUT2D eigenvalue weighted by Gasteiger charge is 2.48. The zero-order chi connectivity index (χ0) is 27.4. The Hall–Kier alpha value is -3.54. The number of aliphatic hydroxyl groups excluding tert-OH is 1. The maximum absolute atomic E-state index is 14.7. The molecule has 1 aromatic carbocycles. The van der Waals surface area contributed by atoms with E-state index in [2.05, 4.69) is 30.5 Å². The number of aliphatic hydroxyl groups is 1. The fourth-order valence-corrected chi connectivity index (χ4v) is 4.96. The predicted molar refractivity (Wildman–Crippen MR) is 145 cm³/mol. The fraction of sp³-hybridized carbons (Fsp3) is 0.464. The van der Waals surface area contributed by atoms with Crippen molar-refractivity contribution < 1.29 is 23.7 Å². The third-order valence-electron chi connectivity index (χ3n) is 7.37. The van der Waals surface area contributed by atoms with Crippen LogP contribution in [0.5, 0.6) is 11.6 Å². The monoisotopic (exact) mass is 538 g/mol. The minimum atomic E-state index is -0.607. The fourth-order valence-electron chi connectivity index (χ4n) is 4.96. The average Bonchev–Trinajstić information content (AvgIpc) is 2.90. The van der Waals surface area contributed by atoms with E-state index in [1.165, 1.54) is 12.3 Å². The number of halogens is 1. The number of benzene rings is 1. The lowest BCUT2D eigenvalue weighted by molar-refractivity contribution is -0.204. The Morgan fingerprint density at radius 1 is 1.00 bits per heavy atom. The summed E-state index contributed by atoms with van der Waals surface area (Å²) < 4.78 is 32.0. The summed E-state index contributed by atoms with van der Waals surface area (Å²) in [6.07, 6.45) is 6.98. The first kappa shape index (κ1) is 27.0. The number of pyridine rings is 1. The van der Waals surface area contributed by atoms with Gasteiger partial charge in [-0.25, -0.2) is 14.4 Å². The zero-order valence-corrected chi connectivity index (χ0v) is 22.4. The van der Waals surface area contributed by atoms with Crippen molar-refractivity contribution in [3.63, 3.8) is 0 Å². The van der Waals surface area contributed by atoms with E-state index < -0.39 is 18.0 Å². The number of anilines is 4. The van der Waals surface area contributed by atoms with Crippen LogP contribution in [0.15, 0.2) is 48.8 Å². The third-order valence-corrected chi connectivity index (χ3v) is 7.37. The van der Waals surface area contributed by atoms with Crippen molar-refractivity contribution in [1.29, 1.82) is 0 Å². The highest BCUT2D eigenvalue weighted by Crippen LogP contribution is 2.39. The lowest BCUT2D eigenvalue weighted by Crippen LogP contribution is -2.59. The first-order valence-corrected chi connectivity index (χ1v) is 13.2. The predicted octanol–water partition coefficient (Wildman–Crippen LogP) is 4.63. The Bertz CT molecular complexity index is 1260. The van der Waals surface area contributed by atoms with Crippen molar-refractivity contribution in [3.8, 4) is 11.6 Å². The molecule has 0 aliphatic heterocycles. The molecule has 2 atom stereocenters. The number of hydrogen-bond donors (Lipinski definition) is 3. The Balaban J connectivity index is 1.15. The van der Waals surface area contributed by atoms with Gasteiger partial charge in [0.1, 0.15) is 29.5 Å². The minimum Gasteiger partial charge on any atom is -0.490 e. The van der Waals surface area contributed by atoms with Gasteiger partial charge in [0, 0.05) is 37.9 Å². The van der Waals surface area contributed by atoms with Gasteiger partial charge in [0.2, 0.25) is 5.95 Å². The molecule has 5 rings (SSSR count). The Morgan fingerprint density at radius 3 is 2.46 bits per heavy atom. The maximum atomic E-state index is 14.7. The summed E-state index contributed by atoms with van der Waals surface area (Å²) in [7, 11) is 5.75. The molecule has 2 aromatic heterocycles. The number of nitrogens with zero attached hydrogens (tertiary/aromatic N) is 4. The summed E-state index contributed by atoms with van der Waals surface area (Å²) in [5, 5.41) is 16.3. The largest absolute Gasteiger partial charge is 0.490 e. The molecule has 0 radical (unpaired) electrons. The van der Waals surface area contributed by atoms with Gasteiger partial charge < -0.3 is 30.0 Å². The molecule has 3 N–H and O–H groups in total. The number of aromatic nitrogens is 3. The van der Waals surface area contributed by atoms with Crippen molar-refractivity contribution in [2.75, 3.05) is 31.8 Å². The molecule has 0 spiro atoms. The van der Waals surface area contributed by atoms with E-state index in [1.54, 1.807) is 19.4 Å². The van der Waals surface area contributed by atoms with Gasteiger partial charge in [-0.15, -0.1) is 0 Å². The molecule has 2 aliphatic carbocycles. The van der Waals surface area contributed by atoms with Gasteiger partial charge in [0.15, 0.2) is 5.82 Å². The summed E-state index contributed by atoms with van der Waals surface area (Å²) in [4.78, 5) is 14.9. The smallest absolute Gasteiger partial charge is 0.250 e. The Kier molecular flexibility index (Phi) is 8.10. The molecule has 0 unspecified atom stereocenters. The van der Waals surface area contributed by atoms with Gasteiger partial charge in [-0.1, -0.05) is 6.42 Å². The molecule has 10 nitrogen and oxygen atoms in total. The molecule has 2 heterocycles. The minimum absolute atomic E-state index is 0.107. The summed E-state index contributed by atoms with van der Waals surface area (Å²) in [5.41, 5.74) is 0.961. The lowest BCUT2D eigenvalue weighted by Gasteiger charge is -2.50. The van der Waals surface area contributed by atoms with E-state index in [0.29, 0.717) is 30.3 Å². The molecule has 208 valence electrons. The van der Waals surface area contributed by atoms with Crippen LogP contribution >= 0.6 is 0 Å². The molecular weight excluding hydrogens is 503 g/mol. The molecule has 2 aliphatic rings. The summed E-state index contributed by atoms with van der Waals surface area (Å²) in [5.74, 6) is 0.909. The maximum Gasteiger partial charge on any atom is 0.250 e. The van der Waals surface area contributed by atoms with Crippen molar-refractivity contribution in [2.24, 2.45) is 0 Å². The number of methoxy groups -OCH3 is 1. The van der Waals surface area contributed by atoms with Crippen molar-refractivity contribution >= 4 is 23.1 Å². The van der Waals surface area contributed by atoms with Crippen LogP contribution in [0.3, 0.4) is 0 Å². The van der Waals surface area contributed by atoms with Crippen molar-refractivity contribution in [3.05, 3.63) is 54.6 Å². The van der Waals surface area contributed by atoms with Gasteiger partial charge >= 0.3 is 0 Å². The average molecular weight is 539 g/mol. The molecule has 3 aromatic rings. The van der Waals surface area contributed by atoms with Gasteiger partial charge in [-0.05, 0) is 63.7 Å². The van der Waals surface area contributed by atoms with Gasteiger partial charge in [0.25, 0.3) is 5.88 Å². The van der Waals surface area contributed by atoms with Crippen LogP contribution in [0, 0.1) is 5.82 Å². The topological polar surface area (TPSA) is 114 Å². The van der Waals surface area contributed by atoms with Crippen LogP contribution in [0.4, 0.5) is 27.5 Å². The van der Waals surface area contributed by atoms with Gasteiger partial charge in [-0.3, -0.25) is 4.90 Å². The molecule has 2 saturated carbocycles. The zero-order valence-electron chi connectivity index (χ0n) is 22.4. The molecule has 2 fully saturated rings. The third kappa shape index (κ3) is 6.38. The second-order valence-corrected chi connectivity index (χ2v) is 10.3. The van der Waals surface area contributed by atoms with Crippen LogP contribution in [0.25, 0.3) is 0 Å². The van der Waals surface area contributed by atoms with Crippen LogP contribution in [0.1, 0.15) is 38.5 Å². The van der Waals surface area contributed by atoms with E-state index in [1.807, 2.05) is 38.4 Å². The first-order valence-electron chi connectivity index (χ1n) is 13.2. The molecule has 11 heteroatoms. The summed E-state index contributed by atoms with van der Waals surface area (Å²) >= 11 is 0. The van der Waals surface area contributed by atoms with Crippen LogP contribution in [0.2, 0.25) is 0 Å². The molecular formula is C28H35FN6O4. The highest BCUT2D eigenvalue weighted by molar-refractivity contribution is 5.59. The van der Waals surface area contributed by atoms with Crippen molar-refractivity contribution in [2.45, 2.75) is 62.6 Å². The summed E-state index contributed by atoms with van der Waals surface area (Å²) in [6.45, 7) is 0. The molecule has 0 amide bonds. The van der Waals surface area contributed by atoms with E-state index >= 15 is 0 Å². The van der Waals surface area contributed by atoms with Gasteiger partial charge in [-0.2, -0.15) is 4.98 Å².